The van der Waals surface area contributed by atoms with Gasteiger partial charge in [0.15, 0.2) is 0 Å². The van der Waals surface area contributed by atoms with E-state index in [1.54, 1.807) is 0 Å². The van der Waals surface area contributed by atoms with Gasteiger partial charge in [-0.2, -0.15) is 0 Å². The Hall–Kier alpha value is -3.61. The second kappa shape index (κ2) is 5.88. The molecule has 0 atom stereocenters. The van der Waals surface area contributed by atoms with Crippen LogP contribution in [0, 0.1) is 0 Å². The lowest BCUT2D eigenvalue weighted by atomic mass is 10.1. The van der Waals surface area contributed by atoms with Crippen LogP contribution in [0.15, 0.2) is 54.1 Å². The molecule has 7 nitrogen and oxygen atoms in total. The Kier molecular flexibility index (Phi) is 3.75. The molecule has 24 heavy (non-hydrogen) atoms. The van der Waals surface area contributed by atoms with Crippen molar-refractivity contribution in [2.45, 2.75) is 0 Å². The molecule has 0 saturated carbocycles. The maximum Gasteiger partial charge on any atom is 0.335 e. The first-order valence-electron chi connectivity index (χ1n) is 6.95. The summed E-state index contributed by atoms with van der Waals surface area (Å²) in [5, 5.41) is 20.7. The normalized spacial score (nSPS) is 16.4. The van der Waals surface area contributed by atoms with E-state index in [2.05, 4.69) is 5.32 Å². The summed E-state index contributed by atoms with van der Waals surface area (Å²) in [5.41, 5.74) is 0.527. The quantitative estimate of drug-likeness (QED) is 0.576. The van der Waals surface area contributed by atoms with Crippen molar-refractivity contribution < 1.29 is 24.6 Å². The third kappa shape index (κ3) is 2.82. The van der Waals surface area contributed by atoms with E-state index < -0.39 is 17.8 Å². The van der Waals surface area contributed by atoms with Crippen LogP contribution in [0.3, 0.4) is 0 Å². The number of imide groups is 2. The zero-order valence-electron chi connectivity index (χ0n) is 12.3. The Balaban J connectivity index is 1.99. The van der Waals surface area contributed by atoms with Gasteiger partial charge in [-0.15, -0.1) is 0 Å². The average molecular weight is 324 g/mol. The molecular weight excluding hydrogens is 312 g/mol. The van der Waals surface area contributed by atoms with Crippen LogP contribution in [0.2, 0.25) is 0 Å². The first-order chi connectivity index (χ1) is 11.5. The summed E-state index contributed by atoms with van der Waals surface area (Å²) in [4.78, 5) is 37.4. The third-order valence-corrected chi connectivity index (χ3v) is 3.41. The summed E-state index contributed by atoms with van der Waals surface area (Å²) in [6, 6.07) is 10.5. The molecule has 0 aromatic heterocycles. The number of hydrogen-bond acceptors (Lipinski definition) is 5. The van der Waals surface area contributed by atoms with Gasteiger partial charge >= 0.3 is 6.03 Å². The fourth-order valence-electron chi connectivity index (χ4n) is 2.23. The number of benzene rings is 2. The van der Waals surface area contributed by atoms with E-state index >= 15 is 0 Å². The Morgan fingerprint density at radius 1 is 0.833 bits per heavy atom. The van der Waals surface area contributed by atoms with Crippen molar-refractivity contribution in [1.29, 1.82) is 0 Å². The summed E-state index contributed by atoms with van der Waals surface area (Å²) in [6.07, 6.45) is 1.33. The van der Waals surface area contributed by atoms with Gasteiger partial charge in [-0.25, -0.2) is 9.69 Å². The zero-order chi connectivity index (χ0) is 17.3. The molecule has 0 aliphatic carbocycles. The lowest BCUT2D eigenvalue weighted by Crippen LogP contribution is -2.54. The molecule has 3 rings (SSSR count). The number of rotatable bonds is 2. The molecule has 0 unspecified atom stereocenters. The Labute approximate surface area is 136 Å². The largest absolute Gasteiger partial charge is 0.508 e. The van der Waals surface area contributed by atoms with Crippen molar-refractivity contribution in [3.8, 4) is 11.5 Å². The number of carbonyl (C=O) groups is 3. The van der Waals surface area contributed by atoms with Crippen molar-refractivity contribution >= 4 is 29.6 Å². The van der Waals surface area contributed by atoms with Gasteiger partial charge < -0.3 is 10.2 Å². The van der Waals surface area contributed by atoms with E-state index in [0.717, 1.165) is 4.90 Å². The number of nitrogens with zero attached hydrogens (tertiary/aromatic N) is 1. The molecule has 7 heteroatoms. The molecule has 1 aliphatic heterocycles. The van der Waals surface area contributed by atoms with Gasteiger partial charge in [0.25, 0.3) is 11.8 Å². The van der Waals surface area contributed by atoms with Crippen LogP contribution in [0.5, 0.6) is 11.5 Å². The summed E-state index contributed by atoms with van der Waals surface area (Å²) in [7, 11) is 0. The first-order valence-corrected chi connectivity index (χ1v) is 6.95. The number of nitrogens with one attached hydrogen (secondary N) is 1. The highest BCUT2D eigenvalue weighted by atomic mass is 16.3. The number of barbiturate groups is 1. The molecule has 4 amide bonds. The second-order valence-corrected chi connectivity index (χ2v) is 5.07. The predicted molar refractivity (Wildman–Crippen MR) is 85.2 cm³/mol. The molecule has 1 saturated heterocycles. The highest BCUT2D eigenvalue weighted by molar-refractivity contribution is 6.39. The van der Waals surface area contributed by atoms with Gasteiger partial charge in [0.05, 0.1) is 5.69 Å². The Bertz CT molecular complexity index is 854. The molecule has 120 valence electrons. The van der Waals surface area contributed by atoms with Crippen molar-refractivity contribution in [2.24, 2.45) is 0 Å². The maximum atomic E-state index is 12.6. The van der Waals surface area contributed by atoms with Crippen LogP contribution in [0.4, 0.5) is 10.5 Å². The van der Waals surface area contributed by atoms with Crippen molar-refractivity contribution in [3.63, 3.8) is 0 Å². The van der Waals surface area contributed by atoms with Gasteiger partial charge in [0.1, 0.15) is 17.1 Å². The summed E-state index contributed by atoms with van der Waals surface area (Å²) < 4.78 is 0. The van der Waals surface area contributed by atoms with E-state index in [-0.39, 0.29) is 22.8 Å². The first kappa shape index (κ1) is 15.3. The molecule has 1 aliphatic rings. The SMILES string of the molecule is O=C1NC(=O)N(c2ccc(O)cc2)C(=O)C1=Cc1ccc(O)cc1. The van der Waals surface area contributed by atoms with E-state index in [0.29, 0.717) is 5.56 Å². The van der Waals surface area contributed by atoms with Gasteiger partial charge in [0.2, 0.25) is 0 Å². The third-order valence-electron chi connectivity index (χ3n) is 3.41. The number of amides is 4. The number of phenolic OH excluding ortho intramolecular Hbond substituents is 2. The Morgan fingerprint density at radius 3 is 1.96 bits per heavy atom. The summed E-state index contributed by atoms with van der Waals surface area (Å²) in [6.45, 7) is 0. The topological polar surface area (TPSA) is 107 Å². The lowest BCUT2D eigenvalue weighted by molar-refractivity contribution is -0.122. The van der Waals surface area contributed by atoms with Crippen LogP contribution in [-0.2, 0) is 9.59 Å². The Morgan fingerprint density at radius 2 is 1.38 bits per heavy atom. The fraction of sp³-hybridized carbons (Fsp3) is 0. The number of hydrogen-bond donors (Lipinski definition) is 3. The minimum atomic E-state index is -0.862. The smallest absolute Gasteiger partial charge is 0.335 e. The van der Waals surface area contributed by atoms with Gasteiger partial charge in [-0.05, 0) is 48.0 Å². The van der Waals surface area contributed by atoms with Crippen LogP contribution >= 0.6 is 0 Å². The second-order valence-electron chi connectivity index (χ2n) is 5.07. The van der Waals surface area contributed by atoms with Crippen LogP contribution in [-0.4, -0.2) is 28.1 Å². The fourth-order valence-corrected chi connectivity index (χ4v) is 2.23. The van der Waals surface area contributed by atoms with Crippen molar-refractivity contribution in [3.05, 3.63) is 59.7 Å². The lowest BCUT2D eigenvalue weighted by Gasteiger charge is -2.26. The molecule has 0 spiro atoms. The maximum absolute atomic E-state index is 12.6. The highest BCUT2D eigenvalue weighted by Crippen LogP contribution is 2.24. The van der Waals surface area contributed by atoms with E-state index in [4.69, 9.17) is 0 Å². The van der Waals surface area contributed by atoms with E-state index in [1.165, 1.54) is 54.6 Å². The number of urea groups is 1. The molecule has 0 bridgehead atoms. The number of carbonyl (C=O) groups excluding carboxylic acids is 3. The molecule has 1 fully saturated rings. The van der Waals surface area contributed by atoms with Gasteiger partial charge in [0, 0.05) is 0 Å². The van der Waals surface area contributed by atoms with Crippen LogP contribution < -0.4 is 10.2 Å². The van der Waals surface area contributed by atoms with Gasteiger partial charge in [-0.3, -0.25) is 14.9 Å². The molecule has 3 N–H and O–H groups in total. The zero-order valence-corrected chi connectivity index (χ0v) is 12.3. The molecule has 1 heterocycles. The molecule has 2 aromatic rings. The predicted octanol–water partition coefficient (Wildman–Crippen LogP) is 1.76. The number of aromatic hydroxyl groups is 2. The number of anilines is 1. The summed E-state index contributed by atoms with van der Waals surface area (Å²) in [5.74, 6) is -1.53. The van der Waals surface area contributed by atoms with Crippen molar-refractivity contribution in [1.82, 2.24) is 5.32 Å². The minimum absolute atomic E-state index is 0.0143. The molecule has 2 aromatic carbocycles. The molecule has 0 radical (unpaired) electrons. The van der Waals surface area contributed by atoms with Gasteiger partial charge in [-0.1, -0.05) is 12.1 Å². The highest BCUT2D eigenvalue weighted by Gasteiger charge is 2.36. The van der Waals surface area contributed by atoms with E-state index in [1.807, 2.05) is 0 Å². The molecular formula is C17H12N2O5. The van der Waals surface area contributed by atoms with Crippen LogP contribution in [0.25, 0.3) is 6.08 Å². The summed E-state index contributed by atoms with van der Waals surface area (Å²) >= 11 is 0. The standard InChI is InChI=1S/C17H12N2O5/c20-12-5-1-10(2-6-12)9-14-15(22)18-17(24)19(16(14)23)11-3-7-13(21)8-4-11/h1-9,20-21H,(H,18,22,24). The van der Waals surface area contributed by atoms with E-state index in [9.17, 15) is 24.6 Å². The minimum Gasteiger partial charge on any atom is -0.508 e. The average Bonchev–Trinajstić information content (AvgIpc) is 2.55. The number of phenols is 2. The van der Waals surface area contributed by atoms with Crippen LogP contribution in [0.1, 0.15) is 5.56 Å². The monoisotopic (exact) mass is 324 g/mol. The van der Waals surface area contributed by atoms with Crippen molar-refractivity contribution in [2.75, 3.05) is 4.90 Å².